The maximum atomic E-state index is 14.0. The zero-order chi connectivity index (χ0) is 13.5. The van der Waals surface area contributed by atoms with E-state index in [1.807, 2.05) is 13.0 Å². The van der Waals surface area contributed by atoms with E-state index in [0.717, 1.165) is 0 Å². The molecule has 0 atom stereocenters. The minimum atomic E-state index is -0.659. The van der Waals surface area contributed by atoms with Gasteiger partial charge in [-0.2, -0.15) is 5.26 Å². The number of nitriles is 1. The highest BCUT2D eigenvalue weighted by atomic mass is 19.1. The van der Waals surface area contributed by atoms with Crippen molar-refractivity contribution >= 4 is 11.7 Å². The minimum Gasteiger partial charge on any atom is -0.368 e. The summed E-state index contributed by atoms with van der Waals surface area (Å²) >= 11 is 0. The average Bonchev–Trinajstić information content (AvgIpc) is 2.38. The number of hydrogen-bond acceptors (Lipinski definition) is 4. The summed E-state index contributed by atoms with van der Waals surface area (Å²) in [5.41, 5.74) is -0.0404. The van der Waals surface area contributed by atoms with Crippen molar-refractivity contribution in [3.05, 3.63) is 23.6 Å². The summed E-state index contributed by atoms with van der Waals surface area (Å²) in [4.78, 5) is 17.1. The lowest BCUT2D eigenvalue weighted by Crippen LogP contribution is -2.28. The first-order valence-electron chi connectivity index (χ1n) is 5.62. The normalized spacial score (nSPS) is 9.67. The molecule has 0 spiro atoms. The van der Waals surface area contributed by atoms with Crippen LogP contribution in [0.1, 0.15) is 23.7 Å². The van der Waals surface area contributed by atoms with Gasteiger partial charge >= 0.3 is 0 Å². The van der Waals surface area contributed by atoms with E-state index in [2.05, 4.69) is 10.3 Å². The number of pyridine rings is 1. The molecule has 5 nitrogen and oxygen atoms in total. The Morgan fingerprint density at radius 2 is 2.39 bits per heavy atom. The topological polar surface area (TPSA) is 69.0 Å². The SMILES string of the molecule is CCNc1nccc(C(=O)N(C)CCC#N)c1F. The Morgan fingerprint density at radius 1 is 1.67 bits per heavy atom. The largest absolute Gasteiger partial charge is 0.368 e. The second kappa shape index (κ2) is 6.55. The van der Waals surface area contributed by atoms with Crippen LogP contribution in [0.4, 0.5) is 10.2 Å². The molecule has 0 radical (unpaired) electrons. The van der Waals surface area contributed by atoms with E-state index in [1.54, 1.807) is 0 Å². The summed E-state index contributed by atoms with van der Waals surface area (Å²) in [6, 6.07) is 3.27. The van der Waals surface area contributed by atoms with Gasteiger partial charge in [-0.05, 0) is 13.0 Å². The summed E-state index contributed by atoms with van der Waals surface area (Å²) in [7, 11) is 1.53. The van der Waals surface area contributed by atoms with E-state index < -0.39 is 11.7 Å². The van der Waals surface area contributed by atoms with Gasteiger partial charge in [-0.3, -0.25) is 4.79 Å². The molecule has 0 aliphatic heterocycles. The predicted molar refractivity (Wildman–Crippen MR) is 65.5 cm³/mol. The van der Waals surface area contributed by atoms with Crippen LogP contribution < -0.4 is 5.32 Å². The molecule has 0 fully saturated rings. The molecular formula is C12H15FN4O. The third-order valence-electron chi connectivity index (χ3n) is 2.37. The highest BCUT2D eigenvalue weighted by molar-refractivity contribution is 5.95. The summed E-state index contributed by atoms with van der Waals surface area (Å²) < 4.78 is 14.0. The first-order valence-corrected chi connectivity index (χ1v) is 5.62. The van der Waals surface area contributed by atoms with Gasteiger partial charge < -0.3 is 10.2 Å². The van der Waals surface area contributed by atoms with Gasteiger partial charge in [-0.15, -0.1) is 0 Å². The molecular weight excluding hydrogens is 235 g/mol. The monoisotopic (exact) mass is 250 g/mol. The highest BCUT2D eigenvalue weighted by Gasteiger charge is 2.18. The van der Waals surface area contributed by atoms with E-state index in [0.29, 0.717) is 6.54 Å². The van der Waals surface area contributed by atoms with E-state index in [9.17, 15) is 9.18 Å². The van der Waals surface area contributed by atoms with Crippen LogP contribution in [0.2, 0.25) is 0 Å². The van der Waals surface area contributed by atoms with Crippen LogP contribution in [0, 0.1) is 17.1 Å². The van der Waals surface area contributed by atoms with Gasteiger partial charge in [0.2, 0.25) is 0 Å². The Hall–Kier alpha value is -2.16. The van der Waals surface area contributed by atoms with Gasteiger partial charge in [-0.1, -0.05) is 0 Å². The molecule has 0 aliphatic carbocycles. The molecule has 1 aromatic rings. The zero-order valence-corrected chi connectivity index (χ0v) is 10.4. The quantitative estimate of drug-likeness (QED) is 0.862. The molecule has 1 N–H and O–H groups in total. The van der Waals surface area contributed by atoms with Crippen LogP contribution in [0.3, 0.4) is 0 Å². The molecule has 1 amide bonds. The van der Waals surface area contributed by atoms with Crippen molar-refractivity contribution in [3.63, 3.8) is 0 Å². The smallest absolute Gasteiger partial charge is 0.256 e. The fraction of sp³-hybridized carbons (Fsp3) is 0.417. The average molecular weight is 250 g/mol. The van der Waals surface area contributed by atoms with E-state index in [1.165, 1.54) is 24.2 Å². The number of halogens is 1. The molecule has 96 valence electrons. The van der Waals surface area contributed by atoms with Crippen LogP contribution in [0.25, 0.3) is 0 Å². The molecule has 18 heavy (non-hydrogen) atoms. The fourth-order valence-corrected chi connectivity index (χ4v) is 1.42. The van der Waals surface area contributed by atoms with E-state index in [-0.39, 0.29) is 24.3 Å². The minimum absolute atomic E-state index is 0.0404. The highest BCUT2D eigenvalue weighted by Crippen LogP contribution is 2.16. The number of aromatic nitrogens is 1. The van der Waals surface area contributed by atoms with Crippen molar-refractivity contribution in [2.75, 3.05) is 25.5 Å². The van der Waals surface area contributed by atoms with E-state index >= 15 is 0 Å². The molecule has 0 unspecified atom stereocenters. The third kappa shape index (κ3) is 3.17. The number of hydrogen-bond donors (Lipinski definition) is 1. The van der Waals surface area contributed by atoms with Crippen LogP contribution in [0.15, 0.2) is 12.3 Å². The van der Waals surface area contributed by atoms with Crippen LogP contribution in [-0.4, -0.2) is 35.9 Å². The molecule has 0 saturated carbocycles. The number of amides is 1. The van der Waals surface area contributed by atoms with Gasteiger partial charge in [0.25, 0.3) is 5.91 Å². The van der Waals surface area contributed by atoms with Crippen molar-refractivity contribution in [2.24, 2.45) is 0 Å². The second-order valence-electron chi connectivity index (χ2n) is 3.69. The fourth-order valence-electron chi connectivity index (χ4n) is 1.42. The predicted octanol–water partition coefficient (Wildman–Crippen LogP) is 1.64. The Morgan fingerprint density at radius 3 is 3.00 bits per heavy atom. The number of anilines is 1. The lowest BCUT2D eigenvalue weighted by atomic mass is 10.2. The first kappa shape index (κ1) is 13.9. The van der Waals surface area contributed by atoms with Crippen LogP contribution in [0.5, 0.6) is 0 Å². The van der Waals surface area contributed by atoms with Gasteiger partial charge in [0.1, 0.15) is 0 Å². The molecule has 1 heterocycles. The lowest BCUT2D eigenvalue weighted by molar-refractivity contribution is 0.0793. The maximum absolute atomic E-state index is 14.0. The van der Waals surface area contributed by atoms with Crippen molar-refractivity contribution in [1.82, 2.24) is 9.88 Å². The summed E-state index contributed by atoms with van der Waals surface area (Å²) in [5.74, 6) is -1.05. The lowest BCUT2D eigenvalue weighted by Gasteiger charge is -2.16. The van der Waals surface area contributed by atoms with Gasteiger partial charge in [0, 0.05) is 26.3 Å². The van der Waals surface area contributed by atoms with Crippen molar-refractivity contribution in [3.8, 4) is 6.07 Å². The Balaban J connectivity index is 2.92. The standard InChI is InChI=1S/C12H15FN4O/c1-3-15-11-10(13)9(5-7-16-11)12(18)17(2)8-4-6-14/h5,7H,3-4,8H2,1-2H3,(H,15,16). The molecule has 0 saturated heterocycles. The van der Waals surface area contributed by atoms with Gasteiger partial charge in [0.05, 0.1) is 18.1 Å². The van der Waals surface area contributed by atoms with E-state index in [4.69, 9.17) is 5.26 Å². The number of carbonyl (C=O) groups is 1. The number of rotatable bonds is 5. The Kier molecular flexibility index (Phi) is 5.06. The first-order chi connectivity index (χ1) is 8.61. The van der Waals surface area contributed by atoms with Crippen LogP contribution >= 0.6 is 0 Å². The number of nitrogens with zero attached hydrogens (tertiary/aromatic N) is 3. The molecule has 0 aromatic carbocycles. The summed E-state index contributed by atoms with van der Waals surface area (Å²) in [6.45, 7) is 2.61. The van der Waals surface area contributed by atoms with Crippen molar-refractivity contribution < 1.29 is 9.18 Å². The molecule has 0 bridgehead atoms. The van der Waals surface area contributed by atoms with Crippen molar-refractivity contribution in [1.29, 1.82) is 5.26 Å². The Bertz CT molecular complexity index is 470. The van der Waals surface area contributed by atoms with Crippen LogP contribution in [-0.2, 0) is 0 Å². The summed E-state index contributed by atoms with van der Waals surface area (Å²) in [5, 5.41) is 11.2. The van der Waals surface area contributed by atoms with Crippen molar-refractivity contribution in [2.45, 2.75) is 13.3 Å². The molecule has 1 rings (SSSR count). The molecule has 1 aromatic heterocycles. The third-order valence-corrected chi connectivity index (χ3v) is 2.37. The summed E-state index contributed by atoms with van der Waals surface area (Å²) in [6.07, 6.45) is 1.60. The van der Waals surface area contributed by atoms with Gasteiger partial charge in [-0.25, -0.2) is 9.37 Å². The number of carbonyl (C=O) groups excluding carboxylic acids is 1. The molecule has 6 heteroatoms. The Labute approximate surface area is 105 Å². The number of nitrogens with one attached hydrogen (secondary N) is 1. The maximum Gasteiger partial charge on any atom is 0.256 e. The van der Waals surface area contributed by atoms with Gasteiger partial charge in [0.15, 0.2) is 11.6 Å². The zero-order valence-electron chi connectivity index (χ0n) is 10.4. The second-order valence-corrected chi connectivity index (χ2v) is 3.69. The molecule has 0 aliphatic rings.